The Morgan fingerprint density at radius 2 is 2.05 bits per heavy atom. The van der Waals surface area contributed by atoms with Crippen molar-refractivity contribution in [2.75, 3.05) is 26.2 Å². The molecule has 2 aliphatic heterocycles. The molecule has 2 heterocycles. The Labute approximate surface area is 124 Å². The van der Waals surface area contributed by atoms with Crippen LogP contribution in [0.5, 0.6) is 0 Å². The van der Waals surface area contributed by atoms with E-state index in [9.17, 15) is 4.79 Å². The predicted octanol–water partition coefficient (Wildman–Crippen LogP) is 3.05. The Bertz CT molecular complexity index is 339. The van der Waals surface area contributed by atoms with Gasteiger partial charge in [0, 0.05) is 19.6 Å². The van der Waals surface area contributed by atoms with E-state index in [0.717, 1.165) is 44.9 Å². The minimum Gasteiger partial charge on any atom is -0.342 e. The van der Waals surface area contributed by atoms with Crippen LogP contribution in [0.15, 0.2) is 0 Å². The number of rotatable bonds is 2. The molecule has 0 aromatic rings. The molecule has 20 heavy (non-hydrogen) atoms. The molecule has 2 atom stereocenters. The maximum atomic E-state index is 12.9. The van der Waals surface area contributed by atoms with Gasteiger partial charge in [-0.05, 0) is 50.0 Å². The second-order valence-electron chi connectivity index (χ2n) is 7.85. The van der Waals surface area contributed by atoms with E-state index in [1.54, 1.807) is 0 Å². The lowest BCUT2D eigenvalue weighted by Gasteiger charge is -2.33. The van der Waals surface area contributed by atoms with Gasteiger partial charge in [0.2, 0.25) is 5.91 Å². The second kappa shape index (κ2) is 6.05. The van der Waals surface area contributed by atoms with Crippen molar-refractivity contribution >= 4 is 5.91 Å². The lowest BCUT2D eigenvalue weighted by Crippen LogP contribution is -2.45. The van der Waals surface area contributed by atoms with Gasteiger partial charge < -0.3 is 10.2 Å². The molecule has 0 radical (unpaired) electrons. The van der Waals surface area contributed by atoms with E-state index in [-0.39, 0.29) is 5.41 Å². The van der Waals surface area contributed by atoms with E-state index in [2.05, 4.69) is 37.9 Å². The van der Waals surface area contributed by atoms with Crippen LogP contribution >= 0.6 is 0 Å². The van der Waals surface area contributed by atoms with Gasteiger partial charge >= 0.3 is 0 Å². The number of amides is 1. The van der Waals surface area contributed by atoms with Crippen molar-refractivity contribution in [2.24, 2.45) is 16.7 Å². The molecular formula is C17H32N2O. The number of carbonyl (C=O) groups is 1. The smallest absolute Gasteiger partial charge is 0.230 e. The number of hydrogen-bond donors (Lipinski definition) is 1. The van der Waals surface area contributed by atoms with Crippen LogP contribution < -0.4 is 5.32 Å². The topological polar surface area (TPSA) is 32.3 Å². The van der Waals surface area contributed by atoms with Crippen molar-refractivity contribution in [2.45, 2.75) is 59.8 Å². The van der Waals surface area contributed by atoms with Crippen molar-refractivity contribution < 1.29 is 4.79 Å². The Kier molecular flexibility index (Phi) is 4.78. The molecule has 3 heteroatoms. The zero-order valence-electron chi connectivity index (χ0n) is 13.8. The number of hydrogen-bond acceptors (Lipinski definition) is 2. The highest BCUT2D eigenvalue weighted by atomic mass is 16.2. The molecule has 2 rings (SSSR count). The lowest BCUT2D eigenvalue weighted by atomic mass is 9.76. The summed E-state index contributed by atoms with van der Waals surface area (Å²) in [5, 5.41) is 3.39. The Hall–Kier alpha value is -0.570. The van der Waals surface area contributed by atoms with E-state index in [1.807, 2.05) is 0 Å². The van der Waals surface area contributed by atoms with E-state index in [0.29, 0.717) is 11.3 Å². The quantitative estimate of drug-likeness (QED) is 0.843. The molecule has 2 fully saturated rings. The van der Waals surface area contributed by atoms with Gasteiger partial charge in [-0.15, -0.1) is 0 Å². The fraction of sp³-hybridized carbons (Fsp3) is 0.941. The minimum absolute atomic E-state index is 0.110. The molecule has 0 spiro atoms. The van der Waals surface area contributed by atoms with Crippen LogP contribution in [0, 0.1) is 16.7 Å². The first-order valence-corrected chi connectivity index (χ1v) is 8.39. The highest BCUT2D eigenvalue weighted by molar-refractivity contribution is 5.83. The molecule has 0 aromatic carbocycles. The van der Waals surface area contributed by atoms with E-state index < -0.39 is 0 Å². The summed E-state index contributed by atoms with van der Waals surface area (Å²) in [4.78, 5) is 15.1. The van der Waals surface area contributed by atoms with Crippen LogP contribution in [0.1, 0.15) is 59.8 Å². The third-order valence-corrected chi connectivity index (χ3v) is 5.61. The van der Waals surface area contributed by atoms with Gasteiger partial charge in [-0.2, -0.15) is 0 Å². The average molecular weight is 280 g/mol. The fourth-order valence-corrected chi connectivity index (χ4v) is 3.88. The van der Waals surface area contributed by atoms with Crippen molar-refractivity contribution in [3.05, 3.63) is 0 Å². The average Bonchev–Trinajstić information content (AvgIpc) is 2.74. The number of nitrogens with zero attached hydrogens (tertiary/aromatic N) is 1. The Morgan fingerprint density at radius 1 is 1.30 bits per heavy atom. The molecule has 0 aromatic heterocycles. The summed E-state index contributed by atoms with van der Waals surface area (Å²) in [5.74, 6) is 1.17. The predicted molar refractivity (Wildman–Crippen MR) is 83.6 cm³/mol. The van der Waals surface area contributed by atoms with Crippen LogP contribution in [-0.2, 0) is 4.79 Å². The zero-order chi connectivity index (χ0) is 14.8. The van der Waals surface area contributed by atoms with E-state index in [4.69, 9.17) is 0 Å². The van der Waals surface area contributed by atoms with Crippen LogP contribution in [0.2, 0.25) is 0 Å². The van der Waals surface area contributed by atoms with Gasteiger partial charge in [0.1, 0.15) is 0 Å². The van der Waals surface area contributed by atoms with Crippen molar-refractivity contribution in [1.29, 1.82) is 0 Å². The molecule has 0 bridgehead atoms. The second-order valence-corrected chi connectivity index (χ2v) is 7.85. The molecule has 2 unspecified atom stereocenters. The molecule has 116 valence electrons. The fourth-order valence-electron chi connectivity index (χ4n) is 3.88. The van der Waals surface area contributed by atoms with Crippen LogP contribution in [0.3, 0.4) is 0 Å². The number of nitrogens with one attached hydrogen (secondary N) is 1. The molecule has 2 aliphatic rings. The first-order valence-electron chi connectivity index (χ1n) is 8.39. The van der Waals surface area contributed by atoms with Gasteiger partial charge in [-0.1, -0.05) is 27.7 Å². The van der Waals surface area contributed by atoms with Crippen molar-refractivity contribution in [3.8, 4) is 0 Å². The van der Waals surface area contributed by atoms with Crippen LogP contribution in [0.4, 0.5) is 0 Å². The summed E-state index contributed by atoms with van der Waals surface area (Å²) in [5.41, 5.74) is 0.262. The van der Waals surface area contributed by atoms with Gasteiger partial charge in [-0.25, -0.2) is 0 Å². The van der Waals surface area contributed by atoms with E-state index >= 15 is 0 Å². The monoisotopic (exact) mass is 280 g/mol. The number of likely N-dealkylation sites (tertiary alicyclic amines) is 1. The standard InChI is InChI=1S/C17H32N2O/c1-5-17(9-10-18-13-17)15(20)19-11-6-7-14(8-12-19)16(2,3)4/h14,18H,5-13H2,1-4H3. The summed E-state index contributed by atoms with van der Waals surface area (Å²) < 4.78 is 0. The molecular weight excluding hydrogens is 248 g/mol. The van der Waals surface area contributed by atoms with Gasteiger partial charge in [-0.3, -0.25) is 4.79 Å². The largest absolute Gasteiger partial charge is 0.342 e. The summed E-state index contributed by atoms with van der Waals surface area (Å²) in [6.07, 6.45) is 5.59. The molecule has 1 amide bonds. The zero-order valence-corrected chi connectivity index (χ0v) is 13.8. The molecule has 2 saturated heterocycles. The normalized spacial score (nSPS) is 32.2. The maximum absolute atomic E-state index is 12.9. The van der Waals surface area contributed by atoms with Gasteiger partial charge in [0.25, 0.3) is 0 Å². The summed E-state index contributed by atoms with van der Waals surface area (Å²) in [7, 11) is 0. The van der Waals surface area contributed by atoms with Gasteiger partial charge in [0.05, 0.1) is 5.41 Å². The van der Waals surface area contributed by atoms with Crippen LogP contribution in [-0.4, -0.2) is 37.0 Å². The van der Waals surface area contributed by atoms with Crippen molar-refractivity contribution in [1.82, 2.24) is 10.2 Å². The molecule has 3 nitrogen and oxygen atoms in total. The summed E-state index contributed by atoms with van der Waals surface area (Å²) in [6, 6.07) is 0. The van der Waals surface area contributed by atoms with Gasteiger partial charge in [0.15, 0.2) is 0 Å². The summed E-state index contributed by atoms with van der Waals surface area (Å²) in [6.45, 7) is 13.0. The number of carbonyl (C=O) groups excluding carboxylic acids is 1. The maximum Gasteiger partial charge on any atom is 0.230 e. The first-order chi connectivity index (χ1) is 9.39. The highest BCUT2D eigenvalue weighted by Gasteiger charge is 2.42. The first kappa shape index (κ1) is 15.8. The van der Waals surface area contributed by atoms with Crippen molar-refractivity contribution in [3.63, 3.8) is 0 Å². The molecule has 0 saturated carbocycles. The summed E-state index contributed by atoms with van der Waals surface area (Å²) >= 11 is 0. The SMILES string of the molecule is CCC1(C(=O)N2CCCC(C(C)(C)C)CC2)CCNC1. The molecule has 0 aliphatic carbocycles. The Balaban J connectivity index is 2.01. The third-order valence-electron chi connectivity index (χ3n) is 5.61. The van der Waals surface area contributed by atoms with E-state index in [1.165, 1.54) is 19.3 Å². The minimum atomic E-state index is -0.110. The van der Waals surface area contributed by atoms with Crippen LogP contribution in [0.25, 0.3) is 0 Å². The molecule has 1 N–H and O–H groups in total. The third kappa shape index (κ3) is 3.19. The lowest BCUT2D eigenvalue weighted by molar-refractivity contribution is -0.141. The highest BCUT2D eigenvalue weighted by Crippen LogP contribution is 2.37. The Morgan fingerprint density at radius 3 is 2.60 bits per heavy atom.